The fourth-order valence-corrected chi connectivity index (χ4v) is 7.79. The Morgan fingerprint density at radius 2 is 0.562 bits per heavy atom. The van der Waals surface area contributed by atoms with E-state index >= 15 is 0 Å². The number of hydrogen-bond donors (Lipinski definition) is 0. The van der Waals surface area contributed by atoms with Crippen molar-refractivity contribution in [3.63, 3.8) is 0 Å². The first-order valence-electron chi connectivity index (χ1n) is 29.7. The van der Waals surface area contributed by atoms with Gasteiger partial charge in [-0.15, -0.1) is 0 Å². The zero-order valence-electron chi connectivity index (χ0n) is 47.1. The molecule has 412 valence electrons. The van der Waals surface area contributed by atoms with Crippen LogP contribution >= 0.6 is 0 Å². The van der Waals surface area contributed by atoms with Gasteiger partial charge >= 0.3 is 17.9 Å². The third kappa shape index (κ3) is 58.3. The summed E-state index contributed by atoms with van der Waals surface area (Å²) in [6.07, 6.45) is 84.5. The van der Waals surface area contributed by atoms with Gasteiger partial charge in [-0.1, -0.05) is 264 Å². The molecule has 73 heavy (non-hydrogen) atoms. The van der Waals surface area contributed by atoms with Crippen LogP contribution in [0.1, 0.15) is 252 Å². The van der Waals surface area contributed by atoms with Crippen LogP contribution in [0, 0.1) is 0 Å². The maximum Gasteiger partial charge on any atom is 0.306 e. The molecule has 0 aromatic heterocycles. The number of esters is 3. The largest absolute Gasteiger partial charge is 0.462 e. The molecule has 0 aromatic carbocycles. The monoisotopic (exact) mass is 1010 g/mol. The van der Waals surface area contributed by atoms with Gasteiger partial charge in [0.25, 0.3) is 0 Å². The summed E-state index contributed by atoms with van der Waals surface area (Å²) < 4.78 is 16.8. The third-order valence-electron chi connectivity index (χ3n) is 12.2. The molecule has 0 radical (unpaired) electrons. The standard InChI is InChI=1S/C67H108O6/c1-4-7-10-13-16-19-22-25-28-31-33-36-39-42-45-48-51-54-57-60-66(69)72-63-64(62-71-65(68)59-56-53-50-47-44-41-38-35-30-27-24-21-18-15-12-9-6-3)73-67(70)61-58-55-52-49-46-43-40-37-34-32-29-26-23-20-17-14-11-8-5-2/h7-8,10-11,16-17,19-20,25-26,28-29,33-34,36-37,42-43,45-46,51,54,64H,4-6,9,12-15,18,21-24,27,30-32,35,38-41,44,47-50,52-53,55-63H2,1-3H3/b10-7-,11-8-,19-16-,20-17-,28-25-,29-26-,36-33-,37-34-,45-42-,46-43-,54-51-/t64-/m0/s1. The van der Waals surface area contributed by atoms with Crippen molar-refractivity contribution in [1.82, 2.24) is 0 Å². The first-order valence-corrected chi connectivity index (χ1v) is 29.7. The van der Waals surface area contributed by atoms with Gasteiger partial charge in [-0.2, -0.15) is 0 Å². The summed E-state index contributed by atoms with van der Waals surface area (Å²) in [6, 6.07) is 0. The van der Waals surface area contributed by atoms with Crippen molar-refractivity contribution < 1.29 is 28.6 Å². The van der Waals surface area contributed by atoms with E-state index in [0.717, 1.165) is 109 Å². The number of rotatable bonds is 52. The van der Waals surface area contributed by atoms with Gasteiger partial charge < -0.3 is 14.2 Å². The van der Waals surface area contributed by atoms with Crippen LogP contribution in [-0.4, -0.2) is 37.2 Å². The Morgan fingerprint density at radius 1 is 0.288 bits per heavy atom. The van der Waals surface area contributed by atoms with Gasteiger partial charge in [0.2, 0.25) is 0 Å². The zero-order chi connectivity index (χ0) is 52.9. The number of carbonyl (C=O) groups excluding carboxylic acids is 3. The molecule has 0 saturated carbocycles. The molecule has 0 aliphatic rings. The van der Waals surface area contributed by atoms with E-state index in [2.05, 4.69) is 148 Å². The van der Waals surface area contributed by atoms with E-state index in [9.17, 15) is 14.4 Å². The first kappa shape index (κ1) is 68.6. The second-order valence-corrected chi connectivity index (χ2v) is 19.1. The predicted molar refractivity (Wildman–Crippen MR) is 316 cm³/mol. The van der Waals surface area contributed by atoms with E-state index in [1.54, 1.807) is 0 Å². The highest BCUT2D eigenvalue weighted by Crippen LogP contribution is 2.15. The summed E-state index contributed by atoms with van der Waals surface area (Å²) in [5.74, 6) is -1.04. The van der Waals surface area contributed by atoms with Crippen molar-refractivity contribution in [2.45, 2.75) is 258 Å². The zero-order valence-corrected chi connectivity index (χ0v) is 47.1. The lowest BCUT2D eigenvalue weighted by molar-refractivity contribution is -0.166. The molecule has 0 aliphatic carbocycles. The van der Waals surface area contributed by atoms with Gasteiger partial charge in [0.1, 0.15) is 13.2 Å². The first-order chi connectivity index (χ1) is 36.0. The Bertz CT molecular complexity index is 1580. The molecule has 0 heterocycles. The lowest BCUT2D eigenvalue weighted by Gasteiger charge is -2.18. The highest BCUT2D eigenvalue weighted by Gasteiger charge is 2.19. The molecular formula is C67H108O6. The highest BCUT2D eigenvalue weighted by molar-refractivity contribution is 5.71. The summed E-state index contributed by atoms with van der Waals surface area (Å²) in [7, 11) is 0. The molecular weight excluding hydrogens is 901 g/mol. The molecule has 0 spiro atoms. The lowest BCUT2D eigenvalue weighted by atomic mass is 10.0. The molecule has 6 nitrogen and oxygen atoms in total. The fraction of sp³-hybridized carbons (Fsp3) is 0.627. The van der Waals surface area contributed by atoms with E-state index in [0.29, 0.717) is 19.3 Å². The average Bonchev–Trinajstić information content (AvgIpc) is 3.39. The minimum atomic E-state index is -0.830. The summed E-state index contributed by atoms with van der Waals surface area (Å²) in [6.45, 7) is 6.33. The van der Waals surface area contributed by atoms with Crippen LogP contribution in [0.25, 0.3) is 0 Å². The fourth-order valence-electron chi connectivity index (χ4n) is 7.79. The minimum Gasteiger partial charge on any atom is -0.462 e. The Morgan fingerprint density at radius 3 is 0.918 bits per heavy atom. The molecule has 0 aromatic rings. The minimum absolute atomic E-state index is 0.117. The molecule has 6 heteroatoms. The molecule has 0 saturated heterocycles. The van der Waals surface area contributed by atoms with Crippen LogP contribution in [0.15, 0.2) is 134 Å². The maximum absolute atomic E-state index is 12.9. The number of hydrogen-bond acceptors (Lipinski definition) is 6. The third-order valence-corrected chi connectivity index (χ3v) is 12.2. The van der Waals surface area contributed by atoms with Crippen molar-refractivity contribution in [2.24, 2.45) is 0 Å². The molecule has 0 rings (SSSR count). The summed E-state index contributed by atoms with van der Waals surface area (Å²) in [5.41, 5.74) is 0. The smallest absolute Gasteiger partial charge is 0.306 e. The van der Waals surface area contributed by atoms with Crippen molar-refractivity contribution >= 4 is 17.9 Å². The number of unbranched alkanes of at least 4 members (excludes halogenated alkanes) is 19. The Kier molecular flexibility index (Phi) is 56.4. The van der Waals surface area contributed by atoms with Crippen LogP contribution in [0.4, 0.5) is 0 Å². The molecule has 0 fully saturated rings. The van der Waals surface area contributed by atoms with Crippen molar-refractivity contribution in [3.05, 3.63) is 134 Å². The van der Waals surface area contributed by atoms with Crippen LogP contribution in [0.5, 0.6) is 0 Å². The topological polar surface area (TPSA) is 78.9 Å². The van der Waals surface area contributed by atoms with Crippen molar-refractivity contribution in [3.8, 4) is 0 Å². The number of carbonyl (C=O) groups is 3. The van der Waals surface area contributed by atoms with Gasteiger partial charge in [-0.05, 0) is 103 Å². The molecule has 0 amide bonds. The Labute approximate surface area is 449 Å². The second-order valence-electron chi connectivity index (χ2n) is 19.1. The second kappa shape index (κ2) is 60.1. The summed E-state index contributed by atoms with van der Waals surface area (Å²) in [4.78, 5) is 38.2. The van der Waals surface area contributed by atoms with Gasteiger partial charge in [0.05, 0.1) is 0 Å². The highest BCUT2D eigenvalue weighted by atomic mass is 16.6. The normalized spacial score (nSPS) is 13.1. The molecule has 0 unspecified atom stereocenters. The van der Waals surface area contributed by atoms with Crippen molar-refractivity contribution in [1.29, 1.82) is 0 Å². The average molecular weight is 1010 g/mol. The number of ether oxygens (including phenoxy) is 3. The van der Waals surface area contributed by atoms with E-state index in [-0.39, 0.29) is 44.0 Å². The van der Waals surface area contributed by atoms with Crippen LogP contribution < -0.4 is 0 Å². The van der Waals surface area contributed by atoms with Crippen LogP contribution in [-0.2, 0) is 28.6 Å². The Balaban J connectivity index is 4.57. The van der Waals surface area contributed by atoms with Crippen LogP contribution in [0.3, 0.4) is 0 Å². The summed E-state index contributed by atoms with van der Waals surface area (Å²) >= 11 is 0. The molecule has 0 N–H and O–H groups in total. The maximum atomic E-state index is 12.9. The molecule has 1 atom stereocenters. The molecule has 0 bridgehead atoms. The van der Waals surface area contributed by atoms with Gasteiger partial charge in [0, 0.05) is 19.3 Å². The van der Waals surface area contributed by atoms with E-state index < -0.39 is 6.10 Å². The van der Waals surface area contributed by atoms with Crippen molar-refractivity contribution in [2.75, 3.05) is 13.2 Å². The quantitative estimate of drug-likeness (QED) is 0.0261. The lowest BCUT2D eigenvalue weighted by Crippen LogP contribution is -2.30. The van der Waals surface area contributed by atoms with E-state index in [1.165, 1.54) is 89.9 Å². The summed E-state index contributed by atoms with van der Waals surface area (Å²) in [5, 5.41) is 0. The van der Waals surface area contributed by atoms with E-state index in [4.69, 9.17) is 14.2 Å². The van der Waals surface area contributed by atoms with Gasteiger partial charge in [-0.25, -0.2) is 0 Å². The predicted octanol–water partition coefficient (Wildman–Crippen LogP) is 20.2. The van der Waals surface area contributed by atoms with Crippen LogP contribution in [0.2, 0.25) is 0 Å². The Hall–Kier alpha value is -4.45. The van der Waals surface area contributed by atoms with Gasteiger partial charge in [0.15, 0.2) is 6.10 Å². The van der Waals surface area contributed by atoms with E-state index in [1.807, 2.05) is 6.08 Å². The molecule has 0 aliphatic heterocycles. The SMILES string of the molecule is CC/C=C\C/C=C\C/C=C\C/C=C\C/C=C\C/C=C\CCC(=O)OC[C@H](COC(=O)CCCCCCCCCCCCCCCCCCC)OC(=O)CCCCC/C=C\C/C=C\C/C=C\C/C=C\C/C=C\CC. The van der Waals surface area contributed by atoms with Gasteiger partial charge in [-0.3, -0.25) is 14.4 Å². The number of allylic oxidation sites excluding steroid dienone is 22.